The summed E-state index contributed by atoms with van der Waals surface area (Å²) in [5.41, 5.74) is 16.4. The smallest absolute Gasteiger partial charge is 0.326 e. The van der Waals surface area contributed by atoms with Crippen molar-refractivity contribution < 1.29 is 39.0 Å². The fraction of sp³-hybridized carbons (Fsp3) is 0.478. The van der Waals surface area contributed by atoms with Crippen LogP contribution in [0.2, 0.25) is 0 Å². The number of phenols is 1. The zero-order chi connectivity index (χ0) is 28.3. The maximum atomic E-state index is 13.1. The van der Waals surface area contributed by atoms with Crippen molar-refractivity contribution >= 4 is 35.5 Å². The molecule has 0 aliphatic rings. The minimum Gasteiger partial charge on any atom is -0.508 e. The molecule has 0 unspecified atom stereocenters. The van der Waals surface area contributed by atoms with Gasteiger partial charge < -0.3 is 43.4 Å². The van der Waals surface area contributed by atoms with Crippen molar-refractivity contribution in [3.63, 3.8) is 0 Å². The number of carbonyl (C=O) groups is 6. The van der Waals surface area contributed by atoms with Crippen molar-refractivity contribution in [3.8, 4) is 5.75 Å². The number of rotatable bonds is 15. The Hall–Kier alpha value is -4.20. The van der Waals surface area contributed by atoms with Gasteiger partial charge in [0.2, 0.25) is 29.5 Å². The lowest BCUT2D eigenvalue weighted by atomic mass is 10.0. The summed E-state index contributed by atoms with van der Waals surface area (Å²) in [5, 5.41) is 26.1. The van der Waals surface area contributed by atoms with Gasteiger partial charge >= 0.3 is 5.97 Å². The Kier molecular flexibility index (Phi) is 12.0. The fourth-order valence-corrected chi connectivity index (χ4v) is 3.26. The van der Waals surface area contributed by atoms with E-state index in [-0.39, 0.29) is 25.0 Å². The molecule has 14 nitrogen and oxygen atoms in total. The van der Waals surface area contributed by atoms with Crippen molar-refractivity contribution in [1.82, 2.24) is 16.0 Å². The molecule has 204 valence electrons. The van der Waals surface area contributed by atoms with Crippen molar-refractivity contribution in [2.45, 2.75) is 63.7 Å². The second-order valence-electron chi connectivity index (χ2n) is 8.84. The average Bonchev–Trinajstić information content (AvgIpc) is 2.79. The zero-order valence-electron chi connectivity index (χ0n) is 20.6. The number of phenolic OH excluding ortho intramolecular Hbond substituents is 1. The molecule has 0 fully saturated rings. The number of nitrogens with one attached hydrogen (secondary N) is 3. The maximum Gasteiger partial charge on any atom is 0.326 e. The number of hydrogen-bond donors (Lipinski definition) is 8. The summed E-state index contributed by atoms with van der Waals surface area (Å²) in [6.45, 7) is 3.19. The number of carboxylic acid groups (broad SMARTS) is 1. The quantitative estimate of drug-likeness (QED) is 0.122. The Morgan fingerprint density at radius 1 is 0.838 bits per heavy atom. The Morgan fingerprint density at radius 3 is 1.86 bits per heavy atom. The molecule has 0 heterocycles. The van der Waals surface area contributed by atoms with Gasteiger partial charge in [0.15, 0.2) is 0 Å². The van der Waals surface area contributed by atoms with Crippen LogP contribution in [0, 0.1) is 5.92 Å². The Bertz CT molecular complexity index is 997. The van der Waals surface area contributed by atoms with Crippen LogP contribution < -0.4 is 33.2 Å². The Labute approximate surface area is 213 Å². The summed E-state index contributed by atoms with van der Waals surface area (Å²) in [4.78, 5) is 72.4. The van der Waals surface area contributed by atoms with E-state index < -0.39 is 72.0 Å². The number of carbonyl (C=O) groups excluding carboxylic acids is 5. The number of nitrogens with two attached hydrogens (primary N) is 3. The highest BCUT2D eigenvalue weighted by molar-refractivity contribution is 5.95. The monoisotopic (exact) mass is 522 g/mol. The van der Waals surface area contributed by atoms with E-state index in [0.717, 1.165) is 0 Å². The van der Waals surface area contributed by atoms with Gasteiger partial charge in [0, 0.05) is 12.8 Å². The van der Waals surface area contributed by atoms with Gasteiger partial charge in [-0.15, -0.1) is 0 Å². The Balaban J connectivity index is 3.18. The Morgan fingerprint density at radius 2 is 1.38 bits per heavy atom. The van der Waals surface area contributed by atoms with Crippen molar-refractivity contribution in [2.75, 3.05) is 0 Å². The van der Waals surface area contributed by atoms with E-state index in [4.69, 9.17) is 17.2 Å². The molecule has 1 aromatic carbocycles. The van der Waals surface area contributed by atoms with Gasteiger partial charge in [-0.3, -0.25) is 24.0 Å². The second kappa shape index (κ2) is 14.4. The highest BCUT2D eigenvalue weighted by Gasteiger charge is 2.31. The molecule has 0 saturated heterocycles. The first-order valence-electron chi connectivity index (χ1n) is 11.4. The van der Waals surface area contributed by atoms with Crippen LogP contribution in [0.15, 0.2) is 24.3 Å². The normalized spacial score (nSPS) is 14.1. The molecule has 0 spiro atoms. The van der Waals surface area contributed by atoms with Gasteiger partial charge in [0.1, 0.15) is 23.9 Å². The third-order valence-corrected chi connectivity index (χ3v) is 5.31. The largest absolute Gasteiger partial charge is 0.508 e. The topological polar surface area (TPSA) is 257 Å². The van der Waals surface area contributed by atoms with Crippen LogP contribution in [0.25, 0.3) is 0 Å². The minimum atomic E-state index is -1.37. The van der Waals surface area contributed by atoms with Gasteiger partial charge in [-0.05, 0) is 30.0 Å². The van der Waals surface area contributed by atoms with E-state index in [0.29, 0.717) is 5.56 Å². The number of benzene rings is 1. The summed E-state index contributed by atoms with van der Waals surface area (Å²) in [7, 11) is 0. The van der Waals surface area contributed by atoms with Gasteiger partial charge in [0.05, 0.1) is 12.5 Å². The van der Waals surface area contributed by atoms with Crippen LogP contribution in [0.4, 0.5) is 0 Å². The lowest BCUT2D eigenvalue weighted by molar-refractivity contribution is -0.143. The highest BCUT2D eigenvalue weighted by Crippen LogP contribution is 2.13. The molecule has 0 saturated carbocycles. The van der Waals surface area contributed by atoms with Crippen LogP contribution in [-0.2, 0) is 35.2 Å². The molecule has 11 N–H and O–H groups in total. The van der Waals surface area contributed by atoms with E-state index in [2.05, 4.69) is 16.0 Å². The standard InChI is InChI=1S/C23H34N6O8/c1-11(2)19(23(36)37)29-22(35)16(9-12-3-5-13(30)6-4-12)28-21(34)15(7-8-17(25)31)27-20(33)14(24)10-18(26)32/h3-6,11,14-16,19,30H,7-10,24H2,1-2H3,(H2,25,31)(H2,26,32)(H,27,33)(H,28,34)(H,29,35)(H,36,37)/t14-,15-,16-,19-/m0/s1. The maximum absolute atomic E-state index is 13.1. The first-order valence-corrected chi connectivity index (χ1v) is 11.4. The summed E-state index contributed by atoms with van der Waals surface area (Å²) >= 11 is 0. The summed E-state index contributed by atoms with van der Waals surface area (Å²) in [6, 6.07) is 0.484. The lowest BCUT2D eigenvalue weighted by Crippen LogP contribution is -2.58. The van der Waals surface area contributed by atoms with Crippen molar-refractivity contribution in [2.24, 2.45) is 23.1 Å². The SMILES string of the molecule is CC(C)[C@H](NC(=O)[C@H](Cc1ccc(O)cc1)NC(=O)[C@H](CCC(N)=O)NC(=O)[C@@H](N)CC(N)=O)C(=O)O. The van der Waals surface area contributed by atoms with Gasteiger partial charge in [-0.2, -0.15) is 0 Å². The number of aliphatic carboxylic acids is 1. The second-order valence-corrected chi connectivity index (χ2v) is 8.84. The molecule has 37 heavy (non-hydrogen) atoms. The van der Waals surface area contributed by atoms with Crippen LogP contribution in [0.5, 0.6) is 5.75 Å². The number of primary amides is 2. The predicted octanol–water partition coefficient (Wildman–Crippen LogP) is -2.40. The van der Waals surface area contributed by atoms with E-state index in [1.54, 1.807) is 13.8 Å². The average molecular weight is 523 g/mol. The molecule has 5 amide bonds. The third kappa shape index (κ3) is 10.9. The molecule has 0 aromatic heterocycles. The molecule has 14 heteroatoms. The van der Waals surface area contributed by atoms with E-state index in [9.17, 15) is 39.0 Å². The molecule has 4 atom stereocenters. The van der Waals surface area contributed by atoms with Gasteiger partial charge in [-0.1, -0.05) is 26.0 Å². The molecule has 1 rings (SSSR count). The summed E-state index contributed by atoms with van der Waals surface area (Å²) in [6.07, 6.45) is -1.13. The fourth-order valence-electron chi connectivity index (χ4n) is 3.26. The molecule has 0 aliphatic carbocycles. The summed E-state index contributed by atoms with van der Waals surface area (Å²) < 4.78 is 0. The van der Waals surface area contributed by atoms with E-state index in [1.807, 2.05) is 0 Å². The van der Waals surface area contributed by atoms with Crippen LogP contribution in [0.1, 0.15) is 38.7 Å². The summed E-state index contributed by atoms with van der Waals surface area (Å²) in [5.74, 6) is -5.95. The lowest BCUT2D eigenvalue weighted by Gasteiger charge is -2.26. The molecule has 0 bridgehead atoms. The van der Waals surface area contributed by atoms with Gasteiger partial charge in [-0.25, -0.2) is 4.79 Å². The molecule has 0 radical (unpaired) electrons. The van der Waals surface area contributed by atoms with Crippen LogP contribution >= 0.6 is 0 Å². The number of aromatic hydroxyl groups is 1. The number of amides is 5. The zero-order valence-corrected chi connectivity index (χ0v) is 20.6. The van der Waals surface area contributed by atoms with E-state index in [1.165, 1.54) is 24.3 Å². The van der Waals surface area contributed by atoms with Crippen LogP contribution in [0.3, 0.4) is 0 Å². The molecular weight excluding hydrogens is 488 g/mol. The predicted molar refractivity (Wildman–Crippen MR) is 130 cm³/mol. The van der Waals surface area contributed by atoms with Crippen molar-refractivity contribution in [1.29, 1.82) is 0 Å². The third-order valence-electron chi connectivity index (χ3n) is 5.31. The molecule has 1 aromatic rings. The molecular formula is C23H34N6O8. The first-order chi connectivity index (χ1) is 17.2. The van der Waals surface area contributed by atoms with Crippen molar-refractivity contribution in [3.05, 3.63) is 29.8 Å². The first kappa shape index (κ1) is 30.8. The van der Waals surface area contributed by atoms with E-state index >= 15 is 0 Å². The number of hydrogen-bond acceptors (Lipinski definition) is 8. The molecule has 0 aliphatic heterocycles. The van der Waals surface area contributed by atoms with Crippen LogP contribution in [-0.4, -0.2) is 69.9 Å². The van der Waals surface area contributed by atoms with Gasteiger partial charge in [0.25, 0.3) is 0 Å². The minimum absolute atomic E-state index is 0.0268. The highest BCUT2D eigenvalue weighted by atomic mass is 16.4. The number of carboxylic acids is 1.